The molecule has 106 valence electrons. The van der Waals surface area contributed by atoms with Gasteiger partial charge in [0.2, 0.25) is 0 Å². The minimum Gasteiger partial charge on any atom is -0.249 e. The van der Waals surface area contributed by atoms with E-state index in [0.29, 0.717) is 6.04 Å². The molecule has 2 unspecified atom stereocenters. The Balaban J connectivity index is 1.83. The van der Waals surface area contributed by atoms with E-state index in [0.717, 1.165) is 23.2 Å². The van der Waals surface area contributed by atoms with E-state index in [4.69, 9.17) is 5.10 Å². The van der Waals surface area contributed by atoms with Crippen LogP contribution in [-0.2, 0) is 0 Å². The third-order valence-corrected chi connectivity index (χ3v) is 4.79. The molecule has 1 aromatic heterocycles. The summed E-state index contributed by atoms with van der Waals surface area (Å²) in [6.45, 7) is 4.69. The largest absolute Gasteiger partial charge is 0.249 e. The van der Waals surface area contributed by atoms with Crippen molar-refractivity contribution in [3.63, 3.8) is 0 Å². The number of hydrogen-bond acceptors (Lipinski definition) is 2. The Labute approximate surface area is 133 Å². The Morgan fingerprint density at radius 3 is 2.60 bits per heavy atom. The molecule has 4 heteroatoms. The lowest BCUT2D eigenvalue weighted by Gasteiger charge is -2.31. The number of aromatic nitrogens is 3. The zero-order valence-electron chi connectivity index (χ0n) is 12.0. The van der Waals surface area contributed by atoms with Crippen LogP contribution in [0.25, 0.3) is 11.4 Å². The summed E-state index contributed by atoms with van der Waals surface area (Å²) in [5.41, 5.74) is 1.10. The zero-order chi connectivity index (χ0) is 14.1. The van der Waals surface area contributed by atoms with Crippen LogP contribution in [0, 0.1) is 15.4 Å². The van der Waals surface area contributed by atoms with Crippen molar-refractivity contribution < 1.29 is 0 Å². The second kappa shape index (κ2) is 5.84. The van der Waals surface area contributed by atoms with Gasteiger partial charge in [0.15, 0.2) is 5.82 Å². The summed E-state index contributed by atoms with van der Waals surface area (Å²) in [5.74, 6) is 2.41. The molecule has 0 aliphatic heterocycles. The van der Waals surface area contributed by atoms with Crippen LogP contribution in [0.5, 0.6) is 0 Å². The van der Waals surface area contributed by atoms with Gasteiger partial charge >= 0.3 is 0 Å². The van der Waals surface area contributed by atoms with Crippen LogP contribution in [0.4, 0.5) is 0 Å². The van der Waals surface area contributed by atoms with E-state index in [-0.39, 0.29) is 0 Å². The molecule has 3 rings (SSSR count). The lowest BCUT2D eigenvalue weighted by molar-refractivity contribution is 0.210. The van der Waals surface area contributed by atoms with Gasteiger partial charge in [0.05, 0.1) is 6.04 Å². The molecule has 1 saturated carbocycles. The Morgan fingerprint density at radius 2 is 1.90 bits per heavy atom. The Kier molecular flexibility index (Phi) is 4.10. The number of benzene rings is 1. The summed E-state index contributed by atoms with van der Waals surface area (Å²) in [6.07, 6.45) is 5.69. The van der Waals surface area contributed by atoms with E-state index in [2.05, 4.69) is 70.4 Å². The monoisotopic (exact) mass is 381 g/mol. The summed E-state index contributed by atoms with van der Waals surface area (Å²) < 4.78 is 3.30. The molecular weight excluding hydrogens is 361 g/mol. The first-order chi connectivity index (χ1) is 9.61. The van der Waals surface area contributed by atoms with Crippen LogP contribution in [0.1, 0.15) is 39.2 Å². The molecule has 0 spiro atoms. The molecular formula is C16H20IN3. The number of nitrogens with zero attached hydrogens (tertiary/aromatic N) is 3. The van der Waals surface area contributed by atoms with Crippen LogP contribution >= 0.6 is 22.6 Å². The van der Waals surface area contributed by atoms with Crippen molar-refractivity contribution in [1.29, 1.82) is 0 Å². The maximum atomic E-state index is 4.72. The molecule has 1 fully saturated rings. The van der Waals surface area contributed by atoms with Gasteiger partial charge in [-0.1, -0.05) is 26.0 Å². The van der Waals surface area contributed by atoms with E-state index in [9.17, 15) is 0 Å². The Bertz CT molecular complexity index is 583. The standard InChI is InChI=1S/C16H20IN3/c1-11-6-12(2)8-15(7-11)20-10-18-16(19-20)13-4-3-5-14(17)9-13/h3-5,9-12,15H,6-8H2,1-2H3. The van der Waals surface area contributed by atoms with Gasteiger partial charge in [-0.15, -0.1) is 0 Å². The smallest absolute Gasteiger partial charge is 0.181 e. The fourth-order valence-corrected chi connectivity index (χ4v) is 3.87. The van der Waals surface area contributed by atoms with Crippen molar-refractivity contribution in [1.82, 2.24) is 14.8 Å². The van der Waals surface area contributed by atoms with Gasteiger partial charge in [-0.25, -0.2) is 9.67 Å². The second-order valence-electron chi connectivity index (χ2n) is 6.13. The van der Waals surface area contributed by atoms with E-state index in [1.165, 1.54) is 22.8 Å². The maximum Gasteiger partial charge on any atom is 0.181 e. The van der Waals surface area contributed by atoms with Gasteiger partial charge in [-0.05, 0) is 65.8 Å². The molecule has 2 atom stereocenters. The third kappa shape index (κ3) is 3.05. The minimum absolute atomic E-state index is 0.512. The number of rotatable bonds is 2. The lowest BCUT2D eigenvalue weighted by Crippen LogP contribution is -2.23. The summed E-state index contributed by atoms with van der Waals surface area (Å²) in [6, 6.07) is 8.87. The van der Waals surface area contributed by atoms with E-state index < -0.39 is 0 Å². The highest BCUT2D eigenvalue weighted by Crippen LogP contribution is 2.35. The van der Waals surface area contributed by atoms with E-state index in [1.54, 1.807) is 0 Å². The van der Waals surface area contributed by atoms with Gasteiger partial charge in [-0.2, -0.15) is 5.10 Å². The number of halogens is 1. The fraction of sp³-hybridized carbons (Fsp3) is 0.500. The molecule has 0 N–H and O–H groups in total. The van der Waals surface area contributed by atoms with Gasteiger partial charge in [0.1, 0.15) is 6.33 Å². The highest BCUT2D eigenvalue weighted by atomic mass is 127. The van der Waals surface area contributed by atoms with Crippen LogP contribution in [0.15, 0.2) is 30.6 Å². The zero-order valence-corrected chi connectivity index (χ0v) is 14.1. The lowest BCUT2D eigenvalue weighted by atomic mass is 9.80. The summed E-state index contributed by atoms with van der Waals surface area (Å²) in [7, 11) is 0. The minimum atomic E-state index is 0.512. The molecule has 20 heavy (non-hydrogen) atoms. The average Bonchev–Trinajstić information content (AvgIpc) is 2.87. The van der Waals surface area contributed by atoms with Gasteiger partial charge in [0, 0.05) is 9.13 Å². The van der Waals surface area contributed by atoms with Crippen LogP contribution in [0.2, 0.25) is 0 Å². The van der Waals surface area contributed by atoms with Gasteiger partial charge in [0.25, 0.3) is 0 Å². The highest BCUT2D eigenvalue weighted by molar-refractivity contribution is 14.1. The molecule has 3 nitrogen and oxygen atoms in total. The second-order valence-corrected chi connectivity index (χ2v) is 7.38. The maximum absolute atomic E-state index is 4.72. The Hall–Kier alpha value is -0.910. The average molecular weight is 381 g/mol. The first kappa shape index (κ1) is 14.0. The molecule has 1 heterocycles. The summed E-state index contributed by atoms with van der Waals surface area (Å²) in [5, 5.41) is 4.72. The number of hydrogen-bond donors (Lipinski definition) is 0. The van der Waals surface area contributed by atoms with E-state index >= 15 is 0 Å². The molecule has 0 amide bonds. The quantitative estimate of drug-likeness (QED) is 0.715. The van der Waals surface area contributed by atoms with Crippen molar-refractivity contribution >= 4 is 22.6 Å². The molecule has 0 radical (unpaired) electrons. The first-order valence-corrected chi connectivity index (χ1v) is 8.37. The fourth-order valence-electron chi connectivity index (χ4n) is 3.33. The third-order valence-electron chi connectivity index (χ3n) is 4.12. The van der Waals surface area contributed by atoms with Crippen LogP contribution < -0.4 is 0 Å². The topological polar surface area (TPSA) is 30.7 Å². The van der Waals surface area contributed by atoms with Crippen molar-refractivity contribution in [2.24, 2.45) is 11.8 Å². The SMILES string of the molecule is CC1CC(C)CC(n2cnc(-c3cccc(I)c3)n2)C1. The predicted octanol–water partition coefficient (Wildman–Crippen LogP) is 4.55. The van der Waals surface area contributed by atoms with Crippen molar-refractivity contribution in [2.75, 3.05) is 0 Å². The van der Waals surface area contributed by atoms with Crippen molar-refractivity contribution in [3.8, 4) is 11.4 Å². The molecule has 0 saturated heterocycles. The normalized spacial score (nSPS) is 26.6. The molecule has 2 aromatic rings. The highest BCUT2D eigenvalue weighted by Gasteiger charge is 2.26. The van der Waals surface area contributed by atoms with Crippen LogP contribution in [-0.4, -0.2) is 14.8 Å². The van der Waals surface area contributed by atoms with Crippen LogP contribution in [0.3, 0.4) is 0 Å². The Morgan fingerprint density at radius 1 is 1.15 bits per heavy atom. The summed E-state index contributed by atoms with van der Waals surface area (Å²) in [4.78, 5) is 4.50. The van der Waals surface area contributed by atoms with Gasteiger partial charge in [-0.3, -0.25) is 0 Å². The molecule has 1 aliphatic carbocycles. The molecule has 1 aromatic carbocycles. The molecule has 1 aliphatic rings. The van der Waals surface area contributed by atoms with Gasteiger partial charge < -0.3 is 0 Å². The van der Waals surface area contributed by atoms with E-state index in [1.807, 2.05) is 6.33 Å². The molecule has 0 bridgehead atoms. The van der Waals surface area contributed by atoms with Crippen molar-refractivity contribution in [3.05, 3.63) is 34.2 Å². The first-order valence-electron chi connectivity index (χ1n) is 7.29. The van der Waals surface area contributed by atoms with Crippen molar-refractivity contribution in [2.45, 2.75) is 39.2 Å². The predicted molar refractivity (Wildman–Crippen MR) is 89.4 cm³/mol. The summed E-state index contributed by atoms with van der Waals surface area (Å²) >= 11 is 2.33.